The molecule has 1 saturated heterocycles. The van der Waals surface area contributed by atoms with E-state index in [1.54, 1.807) is 46.5 Å². The number of anilines is 2. The van der Waals surface area contributed by atoms with E-state index in [-0.39, 0.29) is 23.7 Å². The molecule has 1 fully saturated rings. The molecule has 9 nitrogen and oxygen atoms in total. The molecule has 0 spiro atoms. The van der Waals surface area contributed by atoms with Gasteiger partial charge in [0.1, 0.15) is 0 Å². The molecule has 0 saturated carbocycles. The van der Waals surface area contributed by atoms with Crippen LogP contribution in [0, 0.1) is 11.8 Å². The van der Waals surface area contributed by atoms with Crippen molar-refractivity contribution in [1.29, 1.82) is 0 Å². The van der Waals surface area contributed by atoms with Gasteiger partial charge in [0.25, 0.3) is 5.91 Å². The summed E-state index contributed by atoms with van der Waals surface area (Å²) < 4.78 is 0. The zero-order valence-electron chi connectivity index (χ0n) is 20.8. The van der Waals surface area contributed by atoms with Gasteiger partial charge >= 0.3 is 11.8 Å². The van der Waals surface area contributed by atoms with Gasteiger partial charge in [-0.1, -0.05) is 19.9 Å². The molecule has 0 bridgehead atoms. The summed E-state index contributed by atoms with van der Waals surface area (Å²) >= 11 is 0. The van der Waals surface area contributed by atoms with Crippen LogP contribution in [0.15, 0.2) is 42.7 Å². The highest BCUT2D eigenvalue weighted by atomic mass is 16.2. The van der Waals surface area contributed by atoms with Crippen LogP contribution in [0.3, 0.4) is 0 Å². The van der Waals surface area contributed by atoms with Crippen LogP contribution in [-0.4, -0.2) is 59.7 Å². The van der Waals surface area contributed by atoms with Crippen LogP contribution >= 0.6 is 0 Å². The predicted octanol–water partition coefficient (Wildman–Crippen LogP) is 2.62. The van der Waals surface area contributed by atoms with Gasteiger partial charge in [0.15, 0.2) is 0 Å². The van der Waals surface area contributed by atoms with E-state index in [2.05, 4.69) is 15.6 Å². The smallest absolute Gasteiger partial charge is 0.313 e. The maximum absolute atomic E-state index is 12.6. The van der Waals surface area contributed by atoms with Gasteiger partial charge in [0, 0.05) is 55.9 Å². The first kappa shape index (κ1) is 25.3. The second-order valence-electron chi connectivity index (χ2n) is 9.73. The van der Waals surface area contributed by atoms with Gasteiger partial charge in [-0.3, -0.25) is 24.2 Å². The van der Waals surface area contributed by atoms with Crippen molar-refractivity contribution in [2.24, 2.45) is 11.8 Å². The van der Waals surface area contributed by atoms with Crippen molar-refractivity contribution in [3.05, 3.63) is 53.9 Å². The number of hydrogen-bond donors (Lipinski definition) is 2. The first-order chi connectivity index (χ1) is 17.3. The van der Waals surface area contributed by atoms with Crippen LogP contribution in [0.2, 0.25) is 0 Å². The molecule has 2 aliphatic heterocycles. The Morgan fingerprint density at radius 3 is 2.53 bits per heavy atom. The lowest BCUT2D eigenvalue weighted by Gasteiger charge is -2.32. The van der Waals surface area contributed by atoms with Crippen LogP contribution in [0.25, 0.3) is 0 Å². The fourth-order valence-corrected chi connectivity index (χ4v) is 4.71. The van der Waals surface area contributed by atoms with E-state index in [0.717, 1.165) is 36.9 Å². The van der Waals surface area contributed by atoms with Gasteiger partial charge in [-0.25, -0.2) is 0 Å². The number of likely N-dealkylation sites (tertiary alicyclic amines) is 1. The molecule has 0 aliphatic carbocycles. The molecular formula is C27H33N5O4. The van der Waals surface area contributed by atoms with E-state index in [0.29, 0.717) is 37.4 Å². The first-order valence-electron chi connectivity index (χ1n) is 12.6. The Balaban J connectivity index is 1.27. The second kappa shape index (κ2) is 11.3. The average Bonchev–Trinajstić information content (AvgIpc) is 2.91. The number of piperidine rings is 1. The van der Waals surface area contributed by atoms with Crippen molar-refractivity contribution in [3.63, 3.8) is 0 Å². The molecule has 3 heterocycles. The molecule has 1 aromatic heterocycles. The summed E-state index contributed by atoms with van der Waals surface area (Å²) in [4.78, 5) is 57.7. The Hall–Kier alpha value is -3.75. The predicted molar refractivity (Wildman–Crippen MR) is 136 cm³/mol. The Bertz CT molecular complexity index is 1130. The van der Waals surface area contributed by atoms with Crippen molar-refractivity contribution in [2.75, 3.05) is 36.4 Å². The number of carbonyl (C=O) groups is 4. The van der Waals surface area contributed by atoms with E-state index >= 15 is 0 Å². The maximum Gasteiger partial charge on any atom is 0.313 e. The molecule has 36 heavy (non-hydrogen) atoms. The van der Waals surface area contributed by atoms with Gasteiger partial charge in [0.05, 0.1) is 5.56 Å². The van der Waals surface area contributed by atoms with E-state index in [9.17, 15) is 19.2 Å². The second-order valence-corrected chi connectivity index (χ2v) is 9.73. The van der Waals surface area contributed by atoms with Crippen LogP contribution in [-0.2, 0) is 20.8 Å². The number of pyridine rings is 1. The van der Waals surface area contributed by atoms with Crippen molar-refractivity contribution in [2.45, 2.75) is 39.5 Å². The number of aromatic nitrogens is 1. The van der Waals surface area contributed by atoms with Crippen LogP contribution in [0.4, 0.5) is 11.4 Å². The minimum atomic E-state index is -0.739. The van der Waals surface area contributed by atoms with E-state index < -0.39 is 11.8 Å². The molecule has 1 aromatic carbocycles. The lowest BCUT2D eigenvalue weighted by Crippen LogP contribution is -2.43. The molecule has 0 radical (unpaired) electrons. The third-order valence-electron chi connectivity index (χ3n) is 6.79. The highest BCUT2D eigenvalue weighted by Crippen LogP contribution is 2.31. The van der Waals surface area contributed by atoms with Crippen molar-refractivity contribution >= 4 is 35.0 Å². The number of carbonyl (C=O) groups excluding carboxylic acids is 4. The highest BCUT2D eigenvalue weighted by molar-refractivity contribution is 6.39. The number of rotatable bonds is 5. The summed E-state index contributed by atoms with van der Waals surface area (Å²) in [5.41, 5.74) is 2.91. The molecule has 2 aliphatic rings. The molecular weight excluding hydrogens is 458 g/mol. The van der Waals surface area contributed by atoms with Gasteiger partial charge in [-0.15, -0.1) is 0 Å². The Labute approximate surface area is 211 Å². The summed E-state index contributed by atoms with van der Waals surface area (Å²) in [7, 11) is 0. The molecule has 190 valence electrons. The van der Waals surface area contributed by atoms with Gasteiger partial charge in [-0.05, 0) is 61.4 Å². The molecule has 2 aromatic rings. The number of aryl methyl sites for hydroxylation is 1. The van der Waals surface area contributed by atoms with E-state index in [1.165, 1.54) is 0 Å². The zero-order chi connectivity index (χ0) is 25.7. The van der Waals surface area contributed by atoms with Crippen molar-refractivity contribution in [1.82, 2.24) is 15.2 Å². The fraction of sp³-hybridized carbons (Fsp3) is 0.444. The third-order valence-corrected chi connectivity index (χ3v) is 6.79. The van der Waals surface area contributed by atoms with E-state index in [4.69, 9.17) is 0 Å². The Morgan fingerprint density at radius 1 is 1.06 bits per heavy atom. The topological polar surface area (TPSA) is 112 Å². The number of amides is 4. The third kappa shape index (κ3) is 5.90. The Kier molecular flexibility index (Phi) is 7.97. The normalized spacial score (nSPS) is 15.9. The SMILES string of the molecule is CC(C)C(=O)N1CCCc2ccc(NC(=O)C(=O)NCC3CCN(C(=O)c4cccnc4)CC3)cc21. The molecule has 9 heteroatoms. The van der Waals surface area contributed by atoms with Crippen molar-refractivity contribution in [3.8, 4) is 0 Å². The number of fused-ring (bicyclic) bond motifs is 1. The summed E-state index contributed by atoms with van der Waals surface area (Å²) in [5.74, 6) is -1.36. The average molecular weight is 492 g/mol. The lowest BCUT2D eigenvalue weighted by molar-refractivity contribution is -0.136. The summed E-state index contributed by atoms with van der Waals surface area (Å²) in [5, 5.41) is 5.38. The highest BCUT2D eigenvalue weighted by Gasteiger charge is 2.27. The number of hydrogen-bond acceptors (Lipinski definition) is 5. The lowest BCUT2D eigenvalue weighted by atomic mass is 9.96. The van der Waals surface area contributed by atoms with Gasteiger partial charge in [0.2, 0.25) is 5.91 Å². The molecule has 0 atom stereocenters. The fourth-order valence-electron chi connectivity index (χ4n) is 4.71. The monoisotopic (exact) mass is 491 g/mol. The quantitative estimate of drug-likeness (QED) is 0.625. The van der Waals surface area contributed by atoms with Gasteiger partial charge < -0.3 is 20.4 Å². The van der Waals surface area contributed by atoms with Gasteiger partial charge in [-0.2, -0.15) is 0 Å². The van der Waals surface area contributed by atoms with Crippen LogP contribution in [0.1, 0.15) is 49.0 Å². The van der Waals surface area contributed by atoms with E-state index in [1.807, 2.05) is 19.9 Å². The maximum atomic E-state index is 12.6. The minimum Gasteiger partial charge on any atom is -0.348 e. The molecule has 4 rings (SSSR count). The largest absolute Gasteiger partial charge is 0.348 e. The summed E-state index contributed by atoms with van der Waals surface area (Å²) in [6.45, 7) is 5.96. The molecule has 0 unspecified atom stereocenters. The molecule has 4 amide bonds. The minimum absolute atomic E-state index is 0.0383. The number of benzene rings is 1. The Morgan fingerprint density at radius 2 is 1.83 bits per heavy atom. The summed E-state index contributed by atoms with van der Waals surface area (Å²) in [6.07, 6.45) is 6.47. The zero-order valence-corrected chi connectivity index (χ0v) is 20.8. The summed E-state index contributed by atoms with van der Waals surface area (Å²) in [6, 6.07) is 8.94. The molecule has 2 N–H and O–H groups in total. The van der Waals surface area contributed by atoms with Crippen LogP contribution in [0.5, 0.6) is 0 Å². The number of nitrogens with one attached hydrogen (secondary N) is 2. The first-order valence-corrected chi connectivity index (χ1v) is 12.6. The van der Waals surface area contributed by atoms with Crippen molar-refractivity contribution < 1.29 is 19.2 Å². The van der Waals surface area contributed by atoms with Crippen LogP contribution < -0.4 is 15.5 Å². The number of nitrogens with zero attached hydrogens (tertiary/aromatic N) is 3. The standard InChI is InChI=1S/C27H33N5O4/c1-18(2)26(35)32-12-4-6-20-7-8-22(15-23(20)32)30-25(34)24(33)29-16-19-9-13-31(14-10-19)27(36)21-5-3-11-28-17-21/h3,5,7-8,11,15,17-19H,4,6,9-10,12-14,16H2,1-2H3,(H,29,33)(H,30,34).